The van der Waals surface area contributed by atoms with Gasteiger partial charge in [0.2, 0.25) is 0 Å². The molecule has 0 radical (unpaired) electrons. The van der Waals surface area contributed by atoms with Crippen LogP contribution in [0.4, 0.5) is 11.4 Å². The van der Waals surface area contributed by atoms with E-state index in [2.05, 4.69) is 10.6 Å². The van der Waals surface area contributed by atoms with Crippen molar-refractivity contribution in [2.75, 3.05) is 10.6 Å². The number of furan rings is 1. The second-order valence-corrected chi connectivity index (χ2v) is 4.39. The smallest absolute Gasteiger partial charge is 0.291 e. The van der Waals surface area contributed by atoms with Crippen LogP contribution in [0.5, 0.6) is 5.75 Å². The molecule has 0 fully saturated rings. The molecule has 1 unspecified atom stereocenters. The summed E-state index contributed by atoms with van der Waals surface area (Å²) >= 11 is 0. The Kier molecular flexibility index (Phi) is 2.90. The van der Waals surface area contributed by atoms with Crippen LogP contribution in [-0.4, -0.2) is 17.9 Å². The molecule has 2 amide bonds. The third-order valence-corrected chi connectivity index (χ3v) is 2.91. The molecular weight excluding hydrogens is 260 g/mol. The monoisotopic (exact) mass is 272 g/mol. The molecule has 0 saturated heterocycles. The summed E-state index contributed by atoms with van der Waals surface area (Å²) in [6, 6.07) is 8.24. The predicted octanol–water partition coefficient (Wildman–Crippen LogP) is 2.25. The normalized spacial score (nSPS) is 16.9. The lowest BCUT2D eigenvalue weighted by Gasteiger charge is -2.23. The minimum Gasteiger partial charge on any atom is -0.479 e. The Morgan fingerprint density at radius 3 is 2.95 bits per heavy atom. The maximum atomic E-state index is 11.8. The standard InChI is InChI=1S/C14H12N2O4/c1-8-13(17)16-10-7-9(4-5-11(10)20-8)15-14(18)12-3-2-6-19-12/h2-8H,1H3,(H,15,18)(H,16,17). The van der Waals surface area contributed by atoms with Crippen LogP contribution in [0, 0.1) is 0 Å². The predicted molar refractivity (Wildman–Crippen MR) is 71.8 cm³/mol. The molecular formula is C14H12N2O4. The molecule has 1 aliphatic rings. The van der Waals surface area contributed by atoms with Crippen LogP contribution in [-0.2, 0) is 4.79 Å². The van der Waals surface area contributed by atoms with Gasteiger partial charge in [-0.25, -0.2) is 0 Å². The first-order chi connectivity index (χ1) is 9.63. The fraction of sp³-hybridized carbons (Fsp3) is 0.143. The first kappa shape index (κ1) is 12.3. The topological polar surface area (TPSA) is 80.6 Å². The summed E-state index contributed by atoms with van der Waals surface area (Å²) < 4.78 is 10.4. The second kappa shape index (κ2) is 4.73. The van der Waals surface area contributed by atoms with E-state index in [4.69, 9.17) is 9.15 Å². The van der Waals surface area contributed by atoms with Crippen molar-refractivity contribution in [3.8, 4) is 5.75 Å². The lowest BCUT2D eigenvalue weighted by Crippen LogP contribution is -2.34. The summed E-state index contributed by atoms with van der Waals surface area (Å²) in [7, 11) is 0. The van der Waals surface area contributed by atoms with Gasteiger partial charge in [0.25, 0.3) is 11.8 Å². The molecule has 1 aliphatic heterocycles. The Labute approximate surface area is 114 Å². The lowest BCUT2D eigenvalue weighted by molar-refractivity contribution is -0.122. The van der Waals surface area contributed by atoms with Crippen LogP contribution in [0.15, 0.2) is 41.0 Å². The number of rotatable bonds is 2. The number of carbonyl (C=O) groups excluding carboxylic acids is 2. The molecule has 0 aliphatic carbocycles. The summed E-state index contributed by atoms with van der Waals surface area (Å²) in [5, 5.41) is 5.40. The molecule has 2 N–H and O–H groups in total. The van der Waals surface area contributed by atoms with E-state index >= 15 is 0 Å². The van der Waals surface area contributed by atoms with Crippen molar-refractivity contribution in [2.24, 2.45) is 0 Å². The molecule has 6 nitrogen and oxygen atoms in total. The highest BCUT2D eigenvalue weighted by Crippen LogP contribution is 2.32. The molecule has 1 aromatic carbocycles. The number of carbonyl (C=O) groups is 2. The molecule has 20 heavy (non-hydrogen) atoms. The highest BCUT2D eigenvalue weighted by atomic mass is 16.5. The van der Waals surface area contributed by atoms with Crippen molar-refractivity contribution in [1.29, 1.82) is 0 Å². The van der Waals surface area contributed by atoms with E-state index in [0.717, 1.165) is 0 Å². The van der Waals surface area contributed by atoms with Gasteiger partial charge < -0.3 is 19.8 Å². The molecule has 102 valence electrons. The van der Waals surface area contributed by atoms with Gasteiger partial charge in [0, 0.05) is 5.69 Å². The Morgan fingerprint density at radius 1 is 1.35 bits per heavy atom. The van der Waals surface area contributed by atoms with Crippen molar-refractivity contribution < 1.29 is 18.7 Å². The zero-order valence-corrected chi connectivity index (χ0v) is 10.7. The molecule has 1 atom stereocenters. The van der Waals surface area contributed by atoms with E-state index < -0.39 is 6.10 Å². The SMILES string of the molecule is CC1Oc2ccc(NC(=O)c3ccco3)cc2NC1=O. The molecule has 6 heteroatoms. The van der Waals surface area contributed by atoms with Gasteiger partial charge in [-0.3, -0.25) is 9.59 Å². The lowest BCUT2D eigenvalue weighted by atomic mass is 10.2. The quantitative estimate of drug-likeness (QED) is 0.878. The minimum absolute atomic E-state index is 0.216. The van der Waals surface area contributed by atoms with E-state index in [0.29, 0.717) is 17.1 Å². The zero-order chi connectivity index (χ0) is 14.1. The number of amides is 2. The van der Waals surface area contributed by atoms with Crippen LogP contribution in [0.25, 0.3) is 0 Å². The summed E-state index contributed by atoms with van der Waals surface area (Å²) in [5.74, 6) is 0.225. The number of benzene rings is 1. The zero-order valence-electron chi connectivity index (χ0n) is 10.7. The molecule has 0 saturated carbocycles. The summed E-state index contributed by atoms with van der Waals surface area (Å²) in [4.78, 5) is 23.4. The molecule has 1 aromatic heterocycles. The third-order valence-electron chi connectivity index (χ3n) is 2.91. The molecule has 2 heterocycles. The van der Waals surface area contributed by atoms with Gasteiger partial charge in [-0.15, -0.1) is 0 Å². The molecule has 0 spiro atoms. The Bertz CT molecular complexity index is 664. The van der Waals surface area contributed by atoms with E-state index in [1.54, 1.807) is 37.3 Å². The highest BCUT2D eigenvalue weighted by Gasteiger charge is 2.23. The number of anilines is 2. The maximum Gasteiger partial charge on any atom is 0.291 e. The average molecular weight is 272 g/mol. The van der Waals surface area contributed by atoms with E-state index in [1.807, 2.05) is 0 Å². The third kappa shape index (κ3) is 2.23. The van der Waals surface area contributed by atoms with Crippen molar-refractivity contribution in [1.82, 2.24) is 0 Å². The van der Waals surface area contributed by atoms with Gasteiger partial charge in [-0.2, -0.15) is 0 Å². The van der Waals surface area contributed by atoms with Crippen molar-refractivity contribution >= 4 is 23.2 Å². The fourth-order valence-electron chi connectivity index (χ4n) is 1.89. The first-order valence-corrected chi connectivity index (χ1v) is 6.10. The van der Waals surface area contributed by atoms with Gasteiger partial charge >= 0.3 is 0 Å². The second-order valence-electron chi connectivity index (χ2n) is 4.39. The summed E-state index contributed by atoms with van der Waals surface area (Å²) in [6.07, 6.45) is 0.906. The number of fused-ring (bicyclic) bond motifs is 1. The molecule has 3 rings (SSSR count). The largest absolute Gasteiger partial charge is 0.479 e. The van der Waals surface area contributed by atoms with Crippen LogP contribution in [0.3, 0.4) is 0 Å². The number of ether oxygens (including phenoxy) is 1. The summed E-state index contributed by atoms with van der Waals surface area (Å²) in [5.41, 5.74) is 1.08. The van der Waals surface area contributed by atoms with Gasteiger partial charge in [0.15, 0.2) is 11.9 Å². The van der Waals surface area contributed by atoms with Crippen molar-refractivity contribution in [3.63, 3.8) is 0 Å². The van der Waals surface area contributed by atoms with Crippen molar-refractivity contribution in [3.05, 3.63) is 42.4 Å². The molecule has 0 bridgehead atoms. The van der Waals surface area contributed by atoms with Crippen LogP contribution in [0.1, 0.15) is 17.5 Å². The van der Waals surface area contributed by atoms with E-state index in [-0.39, 0.29) is 17.6 Å². The van der Waals surface area contributed by atoms with Gasteiger partial charge in [-0.05, 0) is 37.3 Å². The number of hydrogen-bond donors (Lipinski definition) is 2. The van der Waals surface area contributed by atoms with Gasteiger partial charge in [-0.1, -0.05) is 0 Å². The van der Waals surface area contributed by atoms with Crippen LogP contribution in [0.2, 0.25) is 0 Å². The van der Waals surface area contributed by atoms with Crippen LogP contribution >= 0.6 is 0 Å². The highest BCUT2D eigenvalue weighted by molar-refractivity contribution is 6.03. The Morgan fingerprint density at radius 2 is 2.20 bits per heavy atom. The summed E-state index contributed by atoms with van der Waals surface area (Å²) in [6.45, 7) is 1.67. The van der Waals surface area contributed by atoms with Gasteiger partial charge in [0.1, 0.15) is 5.75 Å². The van der Waals surface area contributed by atoms with Gasteiger partial charge in [0.05, 0.1) is 12.0 Å². The maximum absolute atomic E-state index is 11.8. The Hall–Kier alpha value is -2.76. The minimum atomic E-state index is -0.522. The van der Waals surface area contributed by atoms with Crippen LogP contribution < -0.4 is 15.4 Å². The average Bonchev–Trinajstić information content (AvgIpc) is 2.94. The number of nitrogens with one attached hydrogen (secondary N) is 2. The Balaban J connectivity index is 1.81. The van der Waals surface area contributed by atoms with Crippen molar-refractivity contribution in [2.45, 2.75) is 13.0 Å². The molecule has 2 aromatic rings. The van der Waals surface area contributed by atoms with E-state index in [9.17, 15) is 9.59 Å². The van der Waals surface area contributed by atoms with E-state index in [1.165, 1.54) is 6.26 Å². The number of hydrogen-bond acceptors (Lipinski definition) is 4. The first-order valence-electron chi connectivity index (χ1n) is 6.10. The fourth-order valence-corrected chi connectivity index (χ4v) is 1.89.